The van der Waals surface area contributed by atoms with E-state index in [4.69, 9.17) is 5.10 Å². The molecule has 0 aliphatic carbocycles. The van der Waals surface area contributed by atoms with E-state index in [9.17, 15) is 0 Å². The number of nitrogens with zero attached hydrogens (tertiary/aromatic N) is 3. The molecule has 29 heavy (non-hydrogen) atoms. The summed E-state index contributed by atoms with van der Waals surface area (Å²) in [5.74, 6) is 0. The number of rotatable bonds is 4. The van der Waals surface area contributed by atoms with Crippen LogP contribution in [0.25, 0.3) is 22.5 Å². The van der Waals surface area contributed by atoms with Crippen molar-refractivity contribution >= 4 is 5.71 Å². The molecule has 2 heterocycles. The van der Waals surface area contributed by atoms with Crippen LogP contribution in [0, 0.1) is 0 Å². The van der Waals surface area contributed by atoms with E-state index in [0.717, 1.165) is 33.8 Å². The highest BCUT2D eigenvalue weighted by Crippen LogP contribution is 2.32. The zero-order chi connectivity index (χ0) is 19.6. The monoisotopic (exact) mass is 378 g/mol. The van der Waals surface area contributed by atoms with E-state index < -0.39 is 0 Å². The summed E-state index contributed by atoms with van der Waals surface area (Å²) < 4.78 is 2.13. The highest BCUT2D eigenvalue weighted by Gasteiger charge is 2.33. The summed E-state index contributed by atoms with van der Waals surface area (Å²) in [7, 11) is 0. The van der Waals surface area contributed by atoms with Gasteiger partial charge >= 0.3 is 0 Å². The van der Waals surface area contributed by atoms with Gasteiger partial charge in [0.25, 0.3) is 0 Å². The van der Waals surface area contributed by atoms with Crippen LogP contribution in [0.4, 0.5) is 0 Å². The topological polar surface area (TPSA) is 42.2 Å². The fourth-order valence-corrected chi connectivity index (χ4v) is 3.90. The Balaban J connectivity index is 1.67. The van der Waals surface area contributed by atoms with E-state index in [-0.39, 0.29) is 12.1 Å². The number of hydrazone groups is 1. The van der Waals surface area contributed by atoms with Gasteiger partial charge < -0.3 is 5.43 Å². The largest absolute Gasteiger partial charge is 0.304 e. The molecule has 1 aliphatic heterocycles. The van der Waals surface area contributed by atoms with Crippen LogP contribution in [-0.2, 0) is 0 Å². The Morgan fingerprint density at radius 3 is 1.90 bits per heavy atom. The fourth-order valence-electron chi connectivity index (χ4n) is 3.90. The lowest BCUT2D eigenvalue weighted by Gasteiger charge is -2.21. The quantitative estimate of drug-likeness (QED) is 0.533. The summed E-state index contributed by atoms with van der Waals surface area (Å²) in [6.07, 6.45) is 0. The summed E-state index contributed by atoms with van der Waals surface area (Å²) >= 11 is 0. The van der Waals surface area contributed by atoms with Crippen LogP contribution >= 0.6 is 0 Å². The third kappa shape index (κ3) is 3.23. The Labute approximate surface area is 170 Å². The van der Waals surface area contributed by atoms with Gasteiger partial charge in [0.05, 0.1) is 23.1 Å². The molecule has 0 amide bonds. The second-order valence-electron chi connectivity index (χ2n) is 7.32. The molecule has 1 aliphatic rings. The normalized spacial score (nSPS) is 18.3. The molecule has 0 spiro atoms. The molecule has 142 valence electrons. The van der Waals surface area contributed by atoms with Crippen LogP contribution in [0.1, 0.15) is 18.5 Å². The smallest absolute Gasteiger partial charge is 0.118 e. The summed E-state index contributed by atoms with van der Waals surface area (Å²) in [4.78, 5) is 0. The first kappa shape index (κ1) is 17.4. The number of benzene rings is 3. The summed E-state index contributed by atoms with van der Waals surface area (Å²) in [6, 6.07) is 33.4. The maximum Gasteiger partial charge on any atom is 0.118 e. The lowest BCUT2D eigenvalue weighted by molar-refractivity contribution is 0.467. The maximum atomic E-state index is 5.06. The molecule has 0 radical (unpaired) electrons. The molecule has 4 heteroatoms. The van der Waals surface area contributed by atoms with Crippen molar-refractivity contribution < 1.29 is 0 Å². The van der Waals surface area contributed by atoms with Crippen molar-refractivity contribution in [3.05, 3.63) is 103 Å². The predicted octanol–water partition coefficient (Wildman–Crippen LogP) is 5.15. The van der Waals surface area contributed by atoms with Crippen LogP contribution in [0.15, 0.2) is 102 Å². The van der Waals surface area contributed by atoms with Crippen molar-refractivity contribution in [2.45, 2.75) is 19.0 Å². The Kier molecular flexibility index (Phi) is 4.45. The van der Waals surface area contributed by atoms with Gasteiger partial charge in [0.2, 0.25) is 0 Å². The molecule has 0 bridgehead atoms. The van der Waals surface area contributed by atoms with Crippen LogP contribution in [-0.4, -0.2) is 21.5 Å². The minimum Gasteiger partial charge on any atom is -0.304 e. The third-order valence-electron chi connectivity index (χ3n) is 5.35. The summed E-state index contributed by atoms with van der Waals surface area (Å²) in [6.45, 7) is 2.16. The predicted molar refractivity (Wildman–Crippen MR) is 118 cm³/mol. The molecule has 1 aromatic heterocycles. The van der Waals surface area contributed by atoms with Crippen molar-refractivity contribution in [3.8, 4) is 22.5 Å². The zero-order valence-corrected chi connectivity index (χ0v) is 16.2. The van der Waals surface area contributed by atoms with Crippen LogP contribution in [0.3, 0.4) is 0 Å². The first-order valence-electron chi connectivity index (χ1n) is 9.90. The van der Waals surface area contributed by atoms with Crippen LogP contribution in [0.2, 0.25) is 0 Å². The molecule has 3 aromatic carbocycles. The average Bonchev–Trinajstić information content (AvgIpc) is 3.39. The van der Waals surface area contributed by atoms with Crippen molar-refractivity contribution in [1.82, 2.24) is 15.2 Å². The second-order valence-corrected chi connectivity index (χ2v) is 7.32. The van der Waals surface area contributed by atoms with E-state index in [1.165, 1.54) is 0 Å². The standard InChI is InChI=1S/C25H22N4/c1-18-25(24(27-26-18)21-15-9-4-10-16-21)29-23(20-13-7-3-8-14-20)17-22(28-29)19-11-5-2-6-12-19/h2-18,25-26H,1H3. The van der Waals surface area contributed by atoms with Gasteiger partial charge in [0.15, 0.2) is 0 Å². The van der Waals surface area contributed by atoms with Crippen LogP contribution in [0.5, 0.6) is 0 Å². The van der Waals surface area contributed by atoms with Gasteiger partial charge in [-0.3, -0.25) is 4.68 Å². The first-order valence-corrected chi connectivity index (χ1v) is 9.90. The zero-order valence-electron chi connectivity index (χ0n) is 16.2. The first-order chi connectivity index (χ1) is 14.3. The fraction of sp³-hybridized carbons (Fsp3) is 0.120. The van der Waals surface area contributed by atoms with Crippen molar-refractivity contribution in [2.24, 2.45) is 5.10 Å². The van der Waals surface area contributed by atoms with Crippen molar-refractivity contribution in [3.63, 3.8) is 0 Å². The number of hydrogen-bond acceptors (Lipinski definition) is 3. The molecule has 1 N–H and O–H groups in total. The Bertz CT molecular complexity index is 1130. The SMILES string of the molecule is CC1NN=C(c2ccccc2)C1n1nc(-c2ccccc2)cc1-c1ccccc1. The van der Waals surface area contributed by atoms with E-state index in [2.05, 4.69) is 88.9 Å². The minimum atomic E-state index is 0.00469. The van der Waals surface area contributed by atoms with E-state index >= 15 is 0 Å². The summed E-state index contributed by atoms with van der Waals surface area (Å²) in [5, 5.41) is 9.73. The maximum absolute atomic E-state index is 5.06. The van der Waals surface area contributed by atoms with Gasteiger partial charge in [0.1, 0.15) is 6.04 Å². The van der Waals surface area contributed by atoms with E-state index in [1.807, 2.05) is 30.3 Å². The summed E-state index contributed by atoms with van der Waals surface area (Å²) in [5.41, 5.74) is 9.72. The molecular formula is C25H22N4. The van der Waals surface area contributed by atoms with Crippen molar-refractivity contribution in [2.75, 3.05) is 0 Å². The van der Waals surface area contributed by atoms with Gasteiger partial charge in [-0.15, -0.1) is 0 Å². The Morgan fingerprint density at radius 1 is 0.724 bits per heavy atom. The second kappa shape index (κ2) is 7.40. The van der Waals surface area contributed by atoms with Crippen molar-refractivity contribution in [1.29, 1.82) is 0 Å². The molecule has 0 fully saturated rings. The highest BCUT2D eigenvalue weighted by atomic mass is 15.4. The highest BCUT2D eigenvalue weighted by molar-refractivity contribution is 6.05. The molecule has 0 saturated heterocycles. The minimum absolute atomic E-state index is 0.00469. The van der Waals surface area contributed by atoms with Gasteiger partial charge in [-0.05, 0) is 18.6 Å². The lowest BCUT2D eigenvalue weighted by Crippen LogP contribution is -2.31. The molecule has 4 nitrogen and oxygen atoms in total. The molecular weight excluding hydrogens is 356 g/mol. The van der Waals surface area contributed by atoms with Gasteiger partial charge in [-0.1, -0.05) is 91.0 Å². The third-order valence-corrected chi connectivity index (χ3v) is 5.35. The van der Waals surface area contributed by atoms with Crippen LogP contribution < -0.4 is 5.43 Å². The number of aromatic nitrogens is 2. The molecule has 5 rings (SSSR count). The van der Waals surface area contributed by atoms with E-state index in [0.29, 0.717) is 0 Å². The lowest BCUT2D eigenvalue weighted by atomic mass is 9.99. The molecule has 2 atom stereocenters. The average molecular weight is 378 g/mol. The number of hydrogen-bond donors (Lipinski definition) is 1. The van der Waals surface area contributed by atoms with Gasteiger partial charge in [0, 0.05) is 11.1 Å². The van der Waals surface area contributed by atoms with Gasteiger partial charge in [-0.2, -0.15) is 10.2 Å². The number of nitrogens with one attached hydrogen (secondary N) is 1. The Morgan fingerprint density at radius 2 is 1.28 bits per heavy atom. The molecule has 4 aromatic rings. The molecule has 2 unspecified atom stereocenters. The Hall–Kier alpha value is -3.66. The molecule has 0 saturated carbocycles. The van der Waals surface area contributed by atoms with Gasteiger partial charge in [-0.25, -0.2) is 0 Å². The van der Waals surface area contributed by atoms with E-state index in [1.54, 1.807) is 0 Å².